The smallest absolute Gasteiger partial charge is 0.221 e. The van der Waals surface area contributed by atoms with Crippen molar-refractivity contribution < 1.29 is 9.53 Å². The van der Waals surface area contributed by atoms with Crippen LogP contribution in [0.3, 0.4) is 0 Å². The van der Waals surface area contributed by atoms with Crippen molar-refractivity contribution in [1.82, 2.24) is 5.32 Å². The second-order valence-corrected chi connectivity index (χ2v) is 5.43. The third-order valence-corrected chi connectivity index (χ3v) is 3.09. The molecule has 0 saturated carbocycles. The van der Waals surface area contributed by atoms with Crippen molar-refractivity contribution in [2.75, 3.05) is 13.2 Å². The molecule has 21 heavy (non-hydrogen) atoms. The van der Waals surface area contributed by atoms with Gasteiger partial charge in [0, 0.05) is 13.0 Å². The van der Waals surface area contributed by atoms with Gasteiger partial charge in [-0.2, -0.15) is 0 Å². The number of benzene rings is 1. The van der Waals surface area contributed by atoms with E-state index in [9.17, 15) is 4.79 Å². The zero-order valence-electron chi connectivity index (χ0n) is 13.1. The molecule has 0 spiro atoms. The lowest BCUT2D eigenvalue weighted by Gasteiger charge is -2.15. The van der Waals surface area contributed by atoms with Gasteiger partial charge in [0.25, 0.3) is 0 Å². The highest BCUT2D eigenvalue weighted by atomic mass is 35.5. The van der Waals surface area contributed by atoms with Crippen LogP contribution in [-0.4, -0.2) is 19.1 Å². The first-order chi connectivity index (χ1) is 9.52. The van der Waals surface area contributed by atoms with E-state index < -0.39 is 0 Å². The molecule has 1 rings (SSSR count). The molecule has 3 N–H and O–H groups in total. The summed E-state index contributed by atoms with van der Waals surface area (Å²) in [6.45, 7) is 7.43. The minimum atomic E-state index is -0.0164. The number of carbonyl (C=O) groups excluding carboxylic acids is 1. The van der Waals surface area contributed by atoms with Gasteiger partial charge in [-0.05, 0) is 37.0 Å². The van der Waals surface area contributed by atoms with Gasteiger partial charge in [0.05, 0.1) is 12.6 Å². The lowest BCUT2D eigenvalue weighted by Crippen LogP contribution is -2.28. The van der Waals surface area contributed by atoms with E-state index in [1.54, 1.807) is 0 Å². The summed E-state index contributed by atoms with van der Waals surface area (Å²) in [5.74, 6) is 1.50. The summed E-state index contributed by atoms with van der Waals surface area (Å²) in [6.07, 6.45) is 1.41. The quantitative estimate of drug-likeness (QED) is 0.775. The summed E-state index contributed by atoms with van der Waals surface area (Å²) in [7, 11) is 0. The maximum absolute atomic E-state index is 11.5. The second-order valence-electron chi connectivity index (χ2n) is 5.43. The molecule has 5 heteroatoms. The number of amides is 1. The van der Waals surface area contributed by atoms with Gasteiger partial charge in [0.1, 0.15) is 5.75 Å². The van der Waals surface area contributed by atoms with Crippen LogP contribution in [0, 0.1) is 5.92 Å². The molecule has 120 valence electrons. The normalized spacial score (nSPS) is 11.7. The number of nitrogens with two attached hydrogens (primary N) is 1. The molecule has 0 aliphatic rings. The maximum Gasteiger partial charge on any atom is 0.221 e. The van der Waals surface area contributed by atoms with Gasteiger partial charge in [-0.3, -0.25) is 4.79 Å². The van der Waals surface area contributed by atoms with Crippen molar-refractivity contribution >= 4 is 18.3 Å². The van der Waals surface area contributed by atoms with Gasteiger partial charge in [-0.1, -0.05) is 26.0 Å². The predicted molar refractivity (Wildman–Crippen MR) is 88.9 cm³/mol. The SMILES string of the molecule is CC(C)CCOc1ccc(C(C)NC(=O)CCN)cc1.Cl. The van der Waals surface area contributed by atoms with Gasteiger partial charge in [0.2, 0.25) is 5.91 Å². The van der Waals surface area contributed by atoms with Crippen molar-refractivity contribution in [3.63, 3.8) is 0 Å². The van der Waals surface area contributed by atoms with Crippen LogP contribution in [0.25, 0.3) is 0 Å². The average Bonchev–Trinajstić information content (AvgIpc) is 2.39. The molecule has 0 heterocycles. The zero-order valence-corrected chi connectivity index (χ0v) is 13.9. The van der Waals surface area contributed by atoms with Crippen molar-refractivity contribution in [3.05, 3.63) is 29.8 Å². The Labute approximate surface area is 133 Å². The monoisotopic (exact) mass is 314 g/mol. The summed E-state index contributed by atoms with van der Waals surface area (Å²) in [5.41, 5.74) is 6.42. The third kappa shape index (κ3) is 7.93. The van der Waals surface area contributed by atoms with E-state index in [0.717, 1.165) is 24.3 Å². The van der Waals surface area contributed by atoms with Crippen molar-refractivity contribution in [2.24, 2.45) is 11.7 Å². The van der Waals surface area contributed by atoms with Gasteiger partial charge >= 0.3 is 0 Å². The van der Waals surface area contributed by atoms with Crippen LogP contribution in [0.2, 0.25) is 0 Å². The average molecular weight is 315 g/mol. The van der Waals surface area contributed by atoms with Crippen LogP contribution in [0.1, 0.15) is 45.2 Å². The van der Waals surface area contributed by atoms with E-state index in [1.165, 1.54) is 0 Å². The number of nitrogens with one attached hydrogen (secondary N) is 1. The fourth-order valence-electron chi connectivity index (χ4n) is 1.79. The van der Waals surface area contributed by atoms with Crippen molar-refractivity contribution in [3.8, 4) is 5.75 Å². The molecule has 4 nitrogen and oxygen atoms in total. The lowest BCUT2D eigenvalue weighted by atomic mass is 10.1. The first-order valence-electron chi connectivity index (χ1n) is 7.25. The van der Waals surface area contributed by atoms with Crippen LogP contribution >= 0.6 is 12.4 Å². The van der Waals surface area contributed by atoms with Crippen LogP contribution in [0.4, 0.5) is 0 Å². The third-order valence-electron chi connectivity index (χ3n) is 3.09. The number of rotatable bonds is 8. The Kier molecular flexibility index (Phi) is 9.84. The molecule has 0 fully saturated rings. The molecule has 0 bridgehead atoms. The molecule has 0 saturated heterocycles. The lowest BCUT2D eigenvalue weighted by molar-refractivity contribution is -0.121. The van der Waals surface area contributed by atoms with E-state index in [1.807, 2.05) is 31.2 Å². The van der Waals surface area contributed by atoms with Crippen LogP contribution in [0.15, 0.2) is 24.3 Å². The first kappa shape index (κ1) is 19.7. The summed E-state index contributed by atoms with van der Waals surface area (Å²) in [5, 5.41) is 2.91. The maximum atomic E-state index is 11.5. The molecule has 1 aromatic carbocycles. The van der Waals surface area contributed by atoms with E-state index in [0.29, 0.717) is 18.9 Å². The highest BCUT2D eigenvalue weighted by Gasteiger charge is 2.08. The summed E-state index contributed by atoms with van der Waals surface area (Å²) >= 11 is 0. The number of ether oxygens (including phenoxy) is 1. The Morgan fingerprint density at radius 3 is 2.38 bits per heavy atom. The summed E-state index contributed by atoms with van der Waals surface area (Å²) in [6, 6.07) is 7.84. The highest BCUT2D eigenvalue weighted by molar-refractivity contribution is 5.85. The topological polar surface area (TPSA) is 64.3 Å². The Bertz CT molecular complexity index is 407. The largest absolute Gasteiger partial charge is 0.494 e. The van der Waals surface area contributed by atoms with E-state index in [2.05, 4.69) is 19.2 Å². The molecule has 1 unspecified atom stereocenters. The standard InChI is InChI=1S/C16H26N2O2.ClH/c1-12(2)9-11-20-15-6-4-14(5-7-15)13(3)18-16(19)8-10-17;/h4-7,12-13H,8-11,17H2,1-3H3,(H,18,19);1H. The fraction of sp³-hybridized carbons (Fsp3) is 0.562. The molecule has 0 aliphatic heterocycles. The van der Waals surface area contributed by atoms with Gasteiger partial charge in [-0.15, -0.1) is 12.4 Å². The van der Waals surface area contributed by atoms with E-state index in [-0.39, 0.29) is 24.4 Å². The summed E-state index contributed by atoms with van der Waals surface area (Å²) in [4.78, 5) is 11.5. The molecular formula is C16H27ClN2O2. The fourth-order valence-corrected chi connectivity index (χ4v) is 1.79. The van der Waals surface area contributed by atoms with Crippen molar-refractivity contribution in [1.29, 1.82) is 0 Å². The van der Waals surface area contributed by atoms with Crippen LogP contribution < -0.4 is 15.8 Å². The van der Waals surface area contributed by atoms with Crippen LogP contribution in [0.5, 0.6) is 5.75 Å². The van der Waals surface area contributed by atoms with Gasteiger partial charge in [-0.25, -0.2) is 0 Å². The Morgan fingerprint density at radius 2 is 1.86 bits per heavy atom. The van der Waals surface area contributed by atoms with Gasteiger partial charge in [0.15, 0.2) is 0 Å². The van der Waals surface area contributed by atoms with Crippen LogP contribution in [-0.2, 0) is 4.79 Å². The first-order valence-corrected chi connectivity index (χ1v) is 7.25. The molecular weight excluding hydrogens is 288 g/mol. The summed E-state index contributed by atoms with van der Waals surface area (Å²) < 4.78 is 5.67. The van der Waals surface area contributed by atoms with E-state index in [4.69, 9.17) is 10.5 Å². The number of carbonyl (C=O) groups is 1. The molecule has 0 aromatic heterocycles. The minimum absolute atomic E-state index is 0. The van der Waals surface area contributed by atoms with Crippen molar-refractivity contribution in [2.45, 2.75) is 39.7 Å². The Hall–Kier alpha value is -1.26. The Morgan fingerprint density at radius 1 is 1.24 bits per heavy atom. The molecule has 0 radical (unpaired) electrons. The number of hydrogen-bond donors (Lipinski definition) is 2. The second kappa shape index (κ2) is 10.5. The Balaban J connectivity index is 0.00000400. The molecule has 0 aliphatic carbocycles. The molecule has 1 amide bonds. The number of halogens is 1. The van der Waals surface area contributed by atoms with E-state index >= 15 is 0 Å². The minimum Gasteiger partial charge on any atom is -0.494 e. The predicted octanol–water partition coefficient (Wildman–Crippen LogP) is 3.06. The molecule has 1 aromatic rings. The number of hydrogen-bond acceptors (Lipinski definition) is 3. The highest BCUT2D eigenvalue weighted by Crippen LogP contribution is 2.18. The van der Waals surface area contributed by atoms with Gasteiger partial charge < -0.3 is 15.8 Å². The molecule has 1 atom stereocenters. The zero-order chi connectivity index (χ0) is 15.0.